The molecule has 0 aliphatic carbocycles. The van der Waals surface area contributed by atoms with Crippen LogP contribution in [0.25, 0.3) is 0 Å². The Morgan fingerprint density at radius 2 is 2.50 bits per heavy atom. The van der Waals surface area contributed by atoms with E-state index in [1.54, 1.807) is 13.1 Å². The Morgan fingerprint density at radius 3 is 3.00 bits per heavy atom. The largest absolute Gasteiger partial charge is 0.494 e. The van der Waals surface area contributed by atoms with Gasteiger partial charge in [-0.3, -0.25) is 0 Å². The molecule has 0 aromatic carbocycles. The van der Waals surface area contributed by atoms with Crippen LogP contribution in [0, 0.1) is 4.91 Å². The van der Waals surface area contributed by atoms with Gasteiger partial charge in [-0.2, -0.15) is 4.91 Å². The van der Waals surface area contributed by atoms with Crippen LogP contribution in [0.4, 0.5) is 0 Å². The summed E-state index contributed by atoms with van der Waals surface area (Å²) >= 11 is 0. The van der Waals surface area contributed by atoms with Crippen LogP contribution in [0.3, 0.4) is 0 Å². The Balaban J connectivity index is 2.69. The predicted molar refractivity (Wildman–Crippen MR) is 43.5 cm³/mol. The maximum Gasteiger partial charge on any atom is 0.138 e. The molecule has 68 valence electrons. The molecule has 0 spiro atoms. The number of aliphatic hydroxyl groups excluding tert-OH is 1. The molecule has 0 bridgehead atoms. The molecule has 5 heteroatoms. The van der Waals surface area contributed by atoms with E-state index >= 15 is 0 Å². The van der Waals surface area contributed by atoms with Crippen molar-refractivity contribution in [3.05, 3.63) is 17.2 Å². The van der Waals surface area contributed by atoms with E-state index in [1.165, 1.54) is 6.26 Å². The van der Waals surface area contributed by atoms with Crippen molar-refractivity contribution in [1.29, 1.82) is 0 Å². The molecule has 0 radical (unpaired) electrons. The van der Waals surface area contributed by atoms with Crippen molar-refractivity contribution in [2.75, 3.05) is 13.7 Å². The lowest BCUT2D eigenvalue weighted by molar-refractivity contribution is 0.0356. The van der Waals surface area contributed by atoms with Gasteiger partial charge in [0.1, 0.15) is 12.1 Å². The van der Waals surface area contributed by atoms with Gasteiger partial charge in [0.15, 0.2) is 0 Å². The van der Waals surface area contributed by atoms with Gasteiger partial charge in [-0.15, -0.1) is 0 Å². The summed E-state index contributed by atoms with van der Waals surface area (Å²) < 4.78 is 5.07. The fourth-order valence-electron chi connectivity index (χ4n) is 1.26. The van der Waals surface area contributed by atoms with E-state index in [2.05, 4.69) is 10.5 Å². The Hall–Kier alpha value is -0.940. The summed E-state index contributed by atoms with van der Waals surface area (Å²) in [5.74, 6) is 0. The topological polar surface area (TPSA) is 70.9 Å². The monoisotopic (exact) mass is 172 g/mol. The zero-order valence-electron chi connectivity index (χ0n) is 6.80. The van der Waals surface area contributed by atoms with Gasteiger partial charge >= 0.3 is 0 Å². The van der Waals surface area contributed by atoms with Crippen LogP contribution in [0.1, 0.15) is 0 Å². The van der Waals surface area contributed by atoms with Gasteiger partial charge in [0.05, 0.1) is 18.9 Å². The number of hydrogen-bond acceptors (Lipinski definition) is 5. The fourth-order valence-corrected chi connectivity index (χ4v) is 1.26. The first kappa shape index (κ1) is 9.15. The van der Waals surface area contributed by atoms with Crippen molar-refractivity contribution in [3.8, 4) is 0 Å². The molecule has 0 fully saturated rings. The summed E-state index contributed by atoms with van der Waals surface area (Å²) in [7, 11) is 1.70. The molecule has 0 amide bonds. The Morgan fingerprint density at radius 1 is 1.75 bits per heavy atom. The van der Waals surface area contributed by atoms with E-state index in [1.807, 2.05) is 0 Å². The molecule has 1 aliphatic rings. The number of hydrogen-bond donors (Lipinski definition) is 2. The molecule has 0 aromatic rings. The summed E-state index contributed by atoms with van der Waals surface area (Å²) in [4.78, 5) is 10.3. The van der Waals surface area contributed by atoms with Crippen molar-refractivity contribution in [3.63, 3.8) is 0 Å². The fraction of sp³-hybridized carbons (Fsp3) is 0.714. The molecule has 0 unspecified atom stereocenters. The van der Waals surface area contributed by atoms with Crippen molar-refractivity contribution in [2.45, 2.75) is 18.2 Å². The normalized spacial score (nSPS) is 34.3. The maximum atomic E-state index is 10.3. The highest BCUT2D eigenvalue weighted by Gasteiger charge is 2.31. The molecule has 0 saturated heterocycles. The molecule has 0 saturated carbocycles. The van der Waals surface area contributed by atoms with Gasteiger partial charge < -0.3 is 15.2 Å². The molecule has 0 aromatic heterocycles. The summed E-state index contributed by atoms with van der Waals surface area (Å²) in [6, 6.07) is -0.696. The number of nitrogens with one attached hydrogen (secondary N) is 1. The molecule has 1 rings (SSSR count). The Kier molecular flexibility index (Phi) is 3.19. The Bertz CT molecular complexity index is 183. The molecular weight excluding hydrogens is 160 g/mol. The third kappa shape index (κ3) is 1.62. The number of ether oxygens (including phenoxy) is 1. The number of rotatable bonds is 3. The standard InChI is InChI=1S/C7H12N2O3/c1-8-7-5(9-11)2-3-12-6(7)4-10/h2-3,5-8,10H,4H2,1H3/t5-,6-,7+/m1/s1. The molecule has 5 nitrogen and oxygen atoms in total. The second-order valence-corrected chi connectivity index (χ2v) is 2.60. The van der Waals surface area contributed by atoms with Crippen molar-refractivity contribution < 1.29 is 9.84 Å². The molecule has 1 aliphatic heterocycles. The van der Waals surface area contributed by atoms with Crippen molar-refractivity contribution in [1.82, 2.24) is 5.32 Å². The van der Waals surface area contributed by atoms with E-state index in [0.717, 1.165) is 0 Å². The highest BCUT2D eigenvalue weighted by molar-refractivity contribution is 5.04. The quantitative estimate of drug-likeness (QED) is 0.569. The average molecular weight is 172 g/mol. The third-order valence-electron chi connectivity index (χ3n) is 1.93. The summed E-state index contributed by atoms with van der Waals surface area (Å²) in [5, 5.41) is 14.6. The minimum atomic E-state index is -0.458. The first-order chi connectivity index (χ1) is 5.83. The van der Waals surface area contributed by atoms with Crippen molar-refractivity contribution in [2.24, 2.45) is 5.18 Å². The van der Waals surface area contributed by atoms with Crippen LogP contribution in [-0.2, 0) is 4.74 Å². The van der Waals surface area contributed by atoms with E-state index in [0.29, 0.717) is 0 Å². The zero-order valence-corrected chi connectivity index (χ0v) is 6.80. The van der Waals surface area contributed by atoms with E-state index in [9.17, 15) is 4.91 Å². The average Bonchev–Trinajstić information content (AvgIpc) is 2.16. The number of nitroso groups, excluding NO2 is 1. The maximum absolute atomic E-state index is 10.3. The predicted octanol–water partition coefficient (Wildman–Crippen LogP) is -0.386. The highest BCUT2D eigenvalue weighted by Crippen LogP contribution is 2.14. The zero-order chi connectivity index (χ0) is 8.97. The molecule has 2 N–H and O–H groups in total. The van der Waals surface area contributed by atoms with E-state index in [-0.39, 0.29) is 18.8 Å². The van der Waals surface area contributed by atoms with Gasteiger partial charge in [-0.25, -0.2) is 0 Å². The first-order valence-corrected chi connectivity index (χ1v) is 3.76. The minimum Gasteiger partial charge on any atom is -0.494 e. The van der Waals surface area contributed by atoms with Crippen LogP contribution in [0.2, 0.25) is 0 Å². The number of likely N-dealkylation sites (N-methyl/N-ethyl adjacent to an activating group) is 1. The molecule has 12 heavy (non-hydrogen) atoms. The summed E-state index contributed by atoms with van der Waals surface area (Å²) in [6.07, 6.45) is 2.59. The van der Waals surface area contributed by atoms with E-state index in [4.69, 9.17) is 9.84 Å². The lowest BCUT2D eigenvalue weighted by atomic mass is 10.0. The van der Waals surface area contributed by atoms with Gasteiger partial charge in [0.25, 0.3) is 0 Å². The van der Waals surface area contributed by atoms with Crippen LogP contribution < -0.4 is 5.32 Å². The first-order valence-electron chi connectivity index (χ1n) is 3.76. The van der Waals surface area contributed by atoms with Gasteiger partial charge in [0, 0.05) is 0 Å². The summed E-state index contributed by atoms with van der Waals surface area (Å²) in [6.45, 7) is -0.123. The lowest BCUT2D eigenvalue weighted by Crippen LogP contribution is -2.49. The van der Waals surface area contributed by atoms with Gasteiger partial charge in [-0.1, -0.05) is 5.18 Å². The van der Waals surface area contributed by atoms with Crippen LogP contribution in [0.15, 0.2) is 17.5 Å². The summed E-state index contributed by atoms with van der Waals surface area (Å²) in [5.41, 5.74) is 0. The SMILES string of the molecule is CN[C@H]1[C@H](N=O)C=CO[C@@H]1CO. The third-order valence-corrected chi connectivity index (χ3v) is 1.93. The molecule has 1 heterocycles. The number of nitrogens with zero attached hydrogens (tertiary/aromatic N) is 1. The number of aliphatic hydroxyl groups is 1. The second-order valence-electron chi connectivity index (χ2n) is 2.60. The van der Waals surface area contributed by atoms with Crippen LogP contribution in [0.5, 0.6) is 0 Å². The van der Waals surface area contributed by atoms with Crippen molar-refractivity contribution >= 4 is 0 Å². The Labute approximate surface area is 70.4 Å². The van der Waals surface area contributed by atoms with Gasteiger partial charge in [-0.05, 0) is 13.1 Å². The van der Waals surface area contributed by atoms with Crippen LogP contribution in [-0.4, -0.2) is 36.9 Å². The lowest BCUT2D eigenvalue weighted by Gasteiger charge is -2.29. The minimum absolute atomic E-state index is 0.123. The smallest absolute Gasteiger partial charge is 0.138 e. The highest BCUT2D eigenvalue weighted by atomic mass is 16.5. The molecule has 3 atom stereocenters. The van der Waals surface area contributed by atoms with E-state index < -0.39 is 6.04 Å². The second kappa shape index (κ2) is 4.18. The van der Waals surface area contributed by atoms with Crippen LogP contribution >= 0.6 is 0 Å². The van der Waals surface area contributed by atoms with Gasteiger partial charge in [0.2, 0.25) is 0 Å². The molecular formula is C7H12N2O3.